The second-order valence-electron chi connectivity index (χ2n) is 7.80. The lowest BCUT2D eigenvalue weighted by molar-refractivity contribution is -0.132. The fourth-order valence-corrected chi connectivity index (χ4v) is 4.11. The molecule has 2 aliphatic heterocycles. The average Bonchev–Trinajstić information content (AvgIpc) is 3.24. The molecule has 0 atom stereocenters. The number of carbonyl (C=O) groups is 4. The molecule has 4 heterocycles. The van der Waals surface area contributed by atoms with Crippen LogP contribution in [0.15, 0.2) is 47.0 Å². The van der Waals surface area contributed by atoms with E-state index in [9.17, 15) is 19.2 Å². The van der Waals surface area contributed by atoms with E-state index in [4.69, 9.17) is 24.0 Å². The van der Waals surface area contributed by atoms with E-state index in [2.05, 4.69) is 26.2 Å². The van der Waals surface area contributed by atoms with E-state index in [1.807, 2.05) is 0 Å². The summed E-state index contributed by atoms with van der Waals surface area (Å²) in [4.78, 5) is 54.0. The van der Waals surface area contributed by atoms with Crippen LogP contribution in [0.3, 0.4) is 0 Å². The number of halogens is 1. The molecule has 0 radical (unpaired) electrons. The zero-order valence-electron chi connectivity index (χ0n) is 19.1. The van der Waals surface area contributed by atoms with Crippen LogP contribution in [-0.4, -0.2) is 52.2 Å². The molecule has 0 spiro atoms. The maximum absolute atomic E-state index is 12.7. The third-order valence-electron chi connectivity index (χ3n) is 5.29. The van der Waals surface area contributed by atoms with E-state index in [0.717, 1.165) is 24.3 Å². The third-order valence-corrected chi connectivity index (χ3v) is 5.79. The van der Waals surface area contributed by atoms with Crippen LogP contribution in [0.5, 0.6) is 23.3 Å². The van der Waals surface area contributed by atoms with Gasteiger partial charge in [0.25, 0.3) is 5.88 Å². The van der Waals surface area contributed by atoms with Crippen LogP contribution < -0.4 is 24.3 Å². The van der Waals surface area contributed by atoms with Crippen molar-refractivity contribution in [3.63, 3.8) is 0 Å². The molecule has 13 heteroatoms. The molecule has 0 aliphatic carbocycles. The number of aryl methyl sites for hydroxylation is 1. The molecule has 1 aromatic carbocycles. The minimum absolute atomic E-state index is 0.123. The standard InChI is InChI=1S/C24H17BrN4O8/c1-26-9-2-10-29-21-19-20(28-29)13-4-3-12(25)11-14(13)34-15(30)5-6-16(31)35-22(21)24-27-23(19)36-17(32)7-8-18(33)37-24/h3-8,11,26H,2,9-10H2,1H3/b6-5?,8-7-. The van der Waals surface area contributed by atoms with Gasteiger partial charge in [-0.2, -0.15) is 10.1 Å². The van der Waals surface area contributed by atoms with E-state index in [-0.39, 0.29) is 34.0 Å². The zero-order chi connectivity index (χ0) is 26.1. The Kier molecular flexibility index (Phi) is 6.54. The predicted molar refractivity (Wildman–Crippen MR) is 130 cm³/mol. The van der Waals surface area contributed by atoms with Gasteiger partial charge in [0.2, 0.25) is 11.6 Å². The maximum Gasteiger partial charge on any atom is 0.337 e. The molecule has 12 nitrogen and oxygen atoms in total. The van der Waals surface area contributed by atoms with Gasteiger partial charge in [-0.25, -0.2) is 19.2 Å². The fourth-order valence-electron chi connectivity index (χ4n) is 3.77. The minimum atomic E-state index is -0.966. The van der Waals surface area contributed by atoms with Gasteiger partial charge in [0.05, 0.1) is 5.39 Å². The van der Waals surface area contributed by atoms with Crippen molar-refractivity contribution in [2.75, 3.05) is 13.6 Å². The number of ether oxygens (including phenoxy) is 4. The molecular weight excluding hydrogens is 552 g/mol. The molecule has 1 N–H and O–H groups in total. The first-order valence-electron chi connectivity index (χ1n) is 11.0. The first-order valence-corrected chi connectivity index (χ1v) is 11.8. The zero-order valence-corrected chi connectivity index (χ0v) is 20.7. The van der Waals surface area contributed by atoms with Gasteiger partial charge in [-0.05, 0) is 38.2 Å². The van der Waals surface area contributed by atoms with Crippen LogP contribution in [-0.2, 0) is 25.7 Å². The highest BCUT2D eigenvalue weighted by Gasteiger charge is 2.31. The summed E-state index contributed by atoms with van der Waals surface area (Å²) in [6.45, 7) is 0.959. The maximum atomic E-state index is 12.7. The van der Waals surface area contributed by atoms with Crippen LogP contribution in [0.4, 0.5) is 0 Å². The molecule has 2 aliphatic rings. The molecule has 188 valence electrons. The smallest absolute Gasteiger partial charge is 0.337 e. The van der Waals surface area contributed by atoms with Crippen LogP contribution >= 0.6 is 15.9 Å². The molecule has 3 aromatic rings. The molecule has 0 saturated heterocycles. The number of rotatable bonds is 4. The Morgan fingerprint density at radius 2 is 1.54 bits per heavy atom. The van der Waals surface area contributed by atoms with Crippen molar-refractivity contribution in [1.82, 2.24) is 20.1 Å². The van der Waals surface area contributed by atoms with E-state index < -0.39 is 29.8 Å². The Morgan fingerprint density at radius 1 is 0.892 bits per heavy atom. The molecule has 37 heavy (non-hydrogen) atoms. The van der Waals surface area contributed by atoms with Crippen LogP contribution in [0.2, 0.25) is 0 Å². The minimum Gasteiger partial charge on any atom is -0.423 e. The van der Waals surface area contributed by atoms with Crippen molar-refractivity contribution in [2.45, 2.75) is 13.0 Å². The third kappa shape index (κ3) is 4.86. The second-order valence-corrected chi connectivity index (χ2v) is 8.71. The van der Waals surface area contributed by atoms with Gasteiger partial charge in [-0.1, -0.05) is 15.9 Å². The topological polar surface area (TPSA) is 148 Å². The molecule has 0 fully saturated rings. The molecule has 2 aromatic heterocycles. The molecule has 0 unspecified atom stereocenters. The van der Waals surface area contributed by atoms with Gasteiger partial charge in [0.1, 0.15) is 17.0 Å². The summed E-state index contributed by atoms with van der Waals surface area (Å²) in [5.74, 6) is -4.39. The van der Waals surface area contributed by atoms with Crippen molar-refractivity contribution >= 4 is 50.7 Å². The lowest BCUT2D eigenvalue weighted by atomic mass is 10.1. The lowest BCUT2D eigenvalue weighted by Gasteiger charge is -2.14. The lowest BCUT2D eigenvalue weighted by Crippen LogP contribution is -2.14. The normalized spacial score (nSPS) is 15.8. The number of hydrogen-bond acceptors (Lipinski definition) is 11. The Hall–Kier alpha value is -4.36. The van der Waals surface area contributed by atoms with Crippen molar-refractivity contribution in [2.24, 2.45) is 0 Å². The van der Waals surface area contributed by atoms with E-state index in [1.165, 1.54) is 4.68 Å². The monoisotopic (exact) mass is 568 g/mol. The van der Waals surface area contributed by atoms with Crippen molar-refractivity contribution in [3.8, 4) is 34.5 Å². The van der Waals surface area contributed by atoms with Crippen molar-refractivity contribution in [1.29, 1.82) is 0 Å². The fraction of sp³-hybridized carbons (Fsp3) is 0.167. The summed E-state index contributed by atoms with van der Waals surface area (Å²) in [6, 6.07) is 4.93. The number of hydrogen-bond donors (Lipinski definition) is 1. The summed E-state index contributed by atoms with van der Waals surface area (Å²) < 4.78 is 23.9. The predicted octanol–water partition coefficient (Wildman–Crippen LogP) is 2.23. The summed E-state index contributed by atoms with van der Waals surface area (Å²) >= 11 is 3.36. The van der Waals surface area contributed by atoms with E-state index in [1.54, 1.807) is 25.2 Å². The molecule has 0 saturated carbocycles. The number of fused-ring (bicyclic) bond motifs is 5. The van der Waals surface area contributed by atoms with E-state index in [0.29, 0.717) is 29.5 Å². The summed E-state index contributed by atoms with van der Waals surface area (Å²) in [5.41, 5.74) is 0.790. The number of carbonyl (C=O) groups excluding carboxylic acids is 4. The number of benzene rings is 1. The summed E-state index contributed by atoms with van der Waals surface area (Å²) in [6.07, 6.45) is 4.13. The van der Waals surface area contributed by atoms with Crippen LogP contribution in [0.25, 0.3) is 22.2 Å². The number of pyridine rings is 1. The second kappa shape index (κ2) is 9.95. The molecule has 0 amide bonds. The molecule has 6 bridgehead atoms. The largest absolute Gasteiger partial charge is 0.423 e. The Labute approximate surface area is 217 Å². The first kappa shape index (κ1) is 24.3. The Morgan fingerprint density at radius 3 is 2.24 bits per heavy atom. The highest BCUT2D eigenvalue weighted by molar-refractivity contribution is 9.10. The summed E-state index contributed by atoms with van der Waals surface area (Å²) in [5, 5.41) is 7.93. The number of esters is 4. The quantitative estimate of drug-likeness (QED) is 0.280. The van der Waals surface area contributed by atoms with Crippen LogP contribution in [0, 0.1) is 0 Å². The highest BCUT2D eigenvalue weighted by Crippen LogP contribution is 2.46. The highest BCUT2D eigenvalue weighted by atomic mass is 79.9. The number of nitrogens with one attached hydrogen (secondary N) is 1. The van der Waals surface area contributed by atoms with Gasteiger partial charge >= 0.3 is 23.9 Å². The van der Waals surface area contributed by atoms with Crippen LogP contribution in [0.1, 0.15) is 6.42 Å². The van der Waals surface area contributed by atoms with Crippen molar-refractivity contribution < 1.29 is 38.1 Å². The van der Waals surface area contributed by atoms with Gasteiger partial charge in [0, 0.05) is 40.9 Å². The molecule has 5 rings (SSSR count). The van der Waals surface area contributed by atoms with Gasteiger partial charge in [-0.15, -0.1) is 0 Å². The van der Waals surface area contributed by atoms with Crippen molar-refractivity contribution in [3.05, 3.63) is 47.0 Å². The van der Waals surface area contributed by atoms with E-state index >= 15 is 0 Å². The molecular formula is C24H17BrN4O8. The van der Waals surface area contributed by atoms with Gasteiger partial charge in [-0.3, -0.25) is 4.68 Å². The van der Waals surface area contributed by atoms with Gasteiger partial charge < -0.3 is 24.3 Å². The average molecular weight is 569 g/mol. The number of aromatic nitrogens is 3. The Bertz CT molecular complexity index is 1540. The van der Waals surface area contributed by atoms with Gasteiger partial charge in [0.15, 0.2) is 0 Å². The first-order chi connectivity index (χ1) is 17.8. The number of nitrogens with zero attached hydrogens (tertiary/aromatic N) is 3. The SMILES string of the molecule is CNCCCn1nc2c3c4nc(c(c31)OC(=O)C=CC(=O)Oc1cc(Br)ccc1-2)OC(=O)/C=C\C(=O)O4. The Balaban J connectivity index is 1.90. The summed E-state index contributed by atoms with van der Waals surface area (Å²) in [7, 11) is 1.80.